The van der Waals surface area contributed by atoms with Gasteiger partial charge in [0.25, 0.3) is 0 Å². The standard InChI is InChI=1S/C11H19N3O2S/c1-9-10(2)14(8-13-9)5-4-12-11-3-6-17(15,16)7-11/h8,11-12H,3-7H2,1-2H3. The van der Waals surface area contributed by atoms with Gasteiger partial charge in [0.05, 0.1) is 23.5 Å². The summed E-state index contributed by atoms with van der Waals surface area (Å²) in [7, 11) is -2.78. The molecule has 0 aliphatic carbocycles. The van der Waals surface area contributed by atoms with Crippen LogP contribution in [0.5, 0.6) is 0 Å². The smallest absolute Gasteiger partial charge is 0.151 e. The molecule has 1 fully saturated rings. The number of hydrogen-bond acceptors (Lipinski definition) is 4. The van der Waals surface area contributed by atoms with Crippen LogP contribution >= 0.6 is 0 Å². The summed E-state index contributed by atoms with van der Waals surface area (Å²) in [6, 6.07) is 0.130. The molecule has 1 N–H and O–H groups in total. The van der Waals surface area contributed by atoms with E-state index in [-0.39, 0.29) is 11.8 Å². The molecule has 5 nitrogen and oxygen atoms in total. The highest BCUT2D eigenvalue weighted by Gasteiger charge is 2.26. The summed E-state index contributed by atoms with van der Waals surface area (Å²) in [4.78, 5) is 4.23. The van der Waals surface area contributed by atoms with Crippen LogP contribution < -0.4 is 5.32 Å². The number of imidazole rings is 1. The average molecular weight is 257 g/mol. The Bertz CT molecular complexity index is 493. The maximum Gasteiger partial charge on any atom is 0.151 e. The Hall–Kier alpha value is -0.880. The van der Waals surface area contributed by atoms with E-state index in [2.05, 4.69) is 14.9 Å². The van der Waals surface area contributed by atoms with Crippen LogP contribution in [0.1, 0.15) is 17.8 Å². The van der Waals surface area contributed by atoms with Gasteiger partial charge in [-0.1, -0.05) is 0 Å². The lowest BCUT2D eigenvalue weighted by Crippen LogP contribution is -2.32. The van der Waals surface area contributed by atoms with Crippen molar-refractivity contribution in [3.05, 3.63) is 17.7 Å². The molecule has 0 radical (unpaired) electrons. The normalized spacial score (nSPS) is 23.1. The van der Waals surface area contributed by atoms with Crippen LogP contribution in [0.15, 0.2) is 6.33 Å². The summed E-state index contributed by atoms with van der Waals surface area (Å²) >= 11 is 0. The van der Waals surface area contributed by atoms with Crippen molar-refractivity contribution in [3.63, 3.8) is 0 Å². The minimum Gasteiger partial charge on any atom is -0.333 e. The fraction of sp³-hybridized carbons (Fsp3) is 0.727. The van der Waals surface area contributed by atoms with Gasteiger partial charge in [-0.3, -0.25) is 0 Å². The molecule has 1 aromatic rings. The van der Waals surface area contributed by atoms with Crippen molar-refractivity contribution in [1.82, 2.24) is 14.9 Å². The van der Waals surface area contributed by atoms with Crippen molar-refractivity contribution in [1.29, 1.82) is 0 Å². The van der Waals surface area contributed by atoms with Gasteiger partial charge in [-0.25, -0.2) is 13.4 Å². The number of aryl methyl sites for hydroxylation is 1. The molecule has 1 aromatic heterocycles. The zero-order valence-electron chi connectivity index (χ0n) is 10.3. The Morgan fingerprint density at radius 3 is 2.82 bits per heavy atom. The Kier molecular flexibility index (Phi) is 3.53. The highest BCUT2D eigenvalue weighted by molar-refractivity contribution is 7.91. The summed E-state index contributed by atoms with van der Waals surface area (Å²) in [5, 5.41) is 3.29. The summed E-state index contributed by atoms with van der Waals surface area (Å²) in [6.07, 6.45) is 2.57. The highest BCUT2D eigenvalue weighted by Crippen LogP contribution is 2.11. The fourth-order valence-electron chi connectivity index (χ4n) is 2.11. The molecule has 0 saturated carbocycles. The SMILES string of the molecule is Cc1ncn(CCNC2CCS(=O)(=O)C2)c1C. The number of rotatable bonds is 4. The molecule has 2 rings (SSSR count). The maximum absolute atomic E-state index is 11.3. The first-order valence-corrected chi connectivity index (χ1v) is 7.72. The van der Waals surface area contributed by atoms with Gasteiger partial charge in [0, 0.05) is 24.8 Å². The van der Waals surface area contributed by atoms with Crippen LogP contribution in [0.2, 0.25) is 0 Å². The van der Waals surface area contributed by atoms with E-state index in [0.29, 0.717) is 5.75 Å². The monoisotopic (exact) mass is 257 g/mol. The van der Waals surface area contributed by atoms with E-state index in [4.69, 9.17) is 0 Å². The predicted molar refractivity (Wildman–Crippen MR) is 66.8 cm³/mol. The van der Waals surface area contributed by atoms with E-state index in [9.17, 15) is 8.42 Å². The van der Waals surface area contributed by atoms with Crippen molar-refractivity contribution >= 4 is 9.84 Å². The fourth-order valence-corrected chi connectivity index (χ4v) is 3.82. The molecule has 0 aromatic carbocycles. The van der Waals surface area contributed by atoms with Gasteiger partial charge in [0.15, 0.2) is 9.84 Å². The Morgan fingerprint density at radius 2 is 2.29 bits per heavy atom. The van der Waals surface area contributed by atoms with Crippen LogP contribution in [0, 0.1) is 13.8 Å². The molecule has 0 spiro atoms. The van der Waals surface area contributed by atoms with Crippen LogP contribution in [0.3, 0.4) is 0 Å². The molecular formula is C11H19N3O2S. The van der Waals surface area contributed by atoms with Gasteiger partial charge in [0.1, 0.15) is 0 Å². The molecule has 2 heterocycles. The van der Waals surface area contributed by atoms with Gasteiger partial charge < -0.3 is 9.88 Å². The van der Waals surface area contributed by atoms with Crippen molar-refractivity contribution in [3.8, 4) is 0 Å². The van der Waals surface area contributed by atoms with Gasteiger partial charge >= 0.3 is 0 Å². The van der Waals surface area contributed by atoms with E-state index >= 15 is 0 Å². The highest BCUT2D eigenvalue weighted by atomic mass is 32.2. The Balaban J connectivity index is 1.79. The molecular weight excluding hydrogens is 238 g/mol. The van der Waals surface area contributed by atoms with Crippen molar-refractivity contribution in [2.24, 2.45) is 0 Å². The molecule has 96 valence electrons. The largest absolute Gasteiger partial charge is 0.333 e. The third-order valence-electron chi connectivity index (χ3n) is 3.36. The summed E-state index contributed by atoms with van der Waals surface area (Å²) < 4.78 is 24.6. The van der Waals surface area contributed by atoms with Crippen molar-refractivity contribution in [2.45, 2.75) is 32.9 Å². The maximum atomic E-state index is 11.3. The molecule has 1 saturated heterocycles. The zero-order chi connectivity index (χ0) is 12.5. The van der Waals surface area contributed by atoms with Crippen molar-refractivity contribution < 1.29 is 8.42 Å². The summed E-state index contributed by atoms with van der Waals surface area (Å²) in [5.74, 6) is 0.614. The van der Waals surface area contributed by atoms with Crippen LogP contribution in [0.4, 0.5) is 0 Å². The van der Waals surface area contributed by atoms with E-state index < -0.39 is 9.84 Å². The molecule has 6 heteroatoms. The lowest BCUT2D eigenvalue weighted by atomic mass is 10.2. The van der Waals surface area contributed by atoms with E-state index in [1.807, 2.05) is 20.2 Å². The van der Waals surface area contributed by atoms with Crippen LogP contribution in [-0.2, 0) is 16.4 Å². The van der Waals surface area contributed by atoms with Gasteiger partial charge in [-0.15, -0.1) is 0 Å². The third kappa shape index (κ3) is 3.07. The van der Waals surface area contributed by atoms with Gasteiger partial charge in [0.2, 0.25) is 0 Å². The first kappa shape index (κ1) is 12.6. The second-order valence-corrected chi connectivity index (χ2v) is 6.89. The minimum atomic E-state index is -2.78. The lowest BCUT2D eigenvalue weighted by Gasteiger charge is -2.11. The zero-order valence-corrected chi connectivity index (χ0v) is 11.1. The second-order valence-electron chi connectivity index (χ2n) is 4.66. The second kappa shape index (κ2) is 4.78. The summed E-state index contributed by atoms with van der Waals surface area (Å²) in [6.45, 7) is 5.66. The molecule has 0 amide bonds. The quantitative estimate of drug-likeness (QED) is 0.841. The molecule has 1 atom stereocenters. The lowest BCUT2D eigenvalue weighted by molar-refractivity contribution is 0.516. The Morgan fingerprint density at radius 1 is 1.53 bits per heavy atom. The van der Waals surface area contributed by atoms with Gasteiger partial charge in [-0.05, 0) is 20.3 Å². The predicted octanol–water partition coefficient (Wildman–Crippen LogP) is 0.277. The number of nitrogens with zero attached hydrogens (tertiary/aromatic N) is 2. The number of aromatic nitrogens is 2. The van der Waals surface area contributed by atoms with Crippen LogP contribution in [0.25, 0.3) is 0 Å². The number of hydrogen-bond donors (Lipinski definition) is 1. The first-order valence-electron chi connectivity index (χ1n) is 5.90. The van der Waals surface area contributed by atoms with E-state index in [1.165, 1.54) is 5.69 Å². The van der Waals surface area contributed by atoms with Gasteiger partial charge in [-0.2, -0.15) is 0 Å². The molecule has 17 heavy (non-hydrogen) atoms. The Labute approximate surface area is 102 Å². The number of sulfone groups is 1. The number of nitrogens with one attached hydrogen (secondary N) is 1. The molecule has 1 aliphatic rings. The summed E-state index contributed by atoms with van der Waals surface area (Å²) in [5.41, 5.74) is 2.22. The first-order chi connectivity index (χ1) is 7.98. The van der Waals surface area contributed by atoms with E-state index in [1.54, 1.807) is 0 Å². The molecule has 0 bridgehead atoms. The third-order valence-corrected chi connectivity index (χ3v) is 5.13. The molecule has 1 aliphatic heterocycles. The average Bonchev–Trinajstić information content (AvgIpc) is 2.75. The minimum absolute atomic E-state index is 0.130. The van der Waals surface area contributed by atoms with E-state index in [0.717, 1.165) is 25.2 Å². The topological polar surface area (TPSA) is 64.0 Å². The molecule has 1 unspecified atom stereocenters. The van der Waals surface area contributed by atoms with Crippen LogP contribution in [-0.4, -0.2) is 42.1 Å². The van der Waals surface area contributed by atoms with Crippen molar-refractivity contribution in [2.75, 3.05) is 18.1 Å².